The highest BCUT2D eigenvalue weighted by atomic mass is 16.5. The van der Waals surface area contributed by atoms with Crippen molar-refractivity contribution in [3.8, 4) is 5.75 Å². The highest BCUT2D eigenvalue weighted by molar-refractivity contribution is 6.06. The van der Waals surface area contributed by atoms with Crippen molar-refractivity contribution < 1.29 is 23.6 Å². The normalized spacial score (nSPS) is 28.3. The van der Waals surface area contributed by atoms with Gasteiger partial charge < -0.3 is 14.8 Å². The van der Waals surface area contributed by atoms with E-state index in [4.69, 9.17) is 9.47 Å². The van der Waals surface area contributed by atoms with Gasteiger partial charge in [0.15, 0.2) is 0 Å². The Morgan fingerprint density at radius 3 is 2.75 bits per heavy atom. The molecule has 1 saturated carbocycles. The lowest BCUT2D eigenvalue weighted by Crippen LogP contribution is -2.50. The number of amides is 2. The third kappa shape index (κ3) is 4.69. The molecule has 168 valence electrons. The number of methoxy groups -OCH3 is 1. The van der Waals surface area contributed by atoms with Crippen molar-refractivity contribution >= 4 is 23.6 Å². The molecular formula is C26H31N2O4+. The van der Waals surface area contributed by atoms with Crippen LogP contribution in [0.2, 0.25) is 0 Å². The highest BCUT2D eigenvalue weighted by Crippen LogP contribution is 2.29. The van der Waals surface area contributed by atoms with Gasteiger partial charge in [0.25, 0.3) is 5.91 Å². The van der Waals surface area contributed by atoms with Crippen molar-refractivity contribution in [3.05, 3.63) is 59.9 Å². The zero-order chi connectivity index (χ0) is 22.7. The predicted molar refractivity (Wildman–Crippen MR) is 123 cm³/mol. The number of ether oxygens (including phenoxy) is 2. The van der Waals surface area contributed by atoms with Gasteiger partial charge in [-0.25, -0.2) is 4.79 Å². The third-order valence-corrected chi connectivity index (χ3v) is 6.75. The smallest absolute Gasteiger partial charge is 0.455 e. The summed E-state index contributed by atoms with van der Waals surface area (Å²) in [5.74, 6) is 1.52. The Hall–Kier alpha value is -3.15. The molecule has 3 aliphatic rings. The van der Waals surface area contributed by atoms with Gasteiger partial charge in [0.05, 0.1) is 7.11 Å². The van der Waals surface area contributed by atoms with Gasteiger partial charge in [-0.1, -0.05) is 51.0 Å². The van der Waals surface area contributed by atoms with E-state index in [2.05, 4.69) is 19.2 Å². The Morgan fingerprint density at radius 1 is 1.22 bits per heavy atom. The molecule has 32 heavy (non-hydrogen) atoms. The van der Waals surface area contributed by atoms with E-state index >= 15 is 0 Å². The van der Waals surface area contributed by atoms with E-state index in [1.54, 1.807) is 13.2 Å². The maximum atomic E-state index is 13.3. The molecule has 1 aromatic rings. The molecule has 0 saturated heterocycles. The summed E-state index contributed by atoms with van der Waals surface area (Å²) in [5, 5.41) is 3.18. The lowest BCUT2D eigenvalue weighted by Gasteiger charge is -2.34. The van der Waals surface area contributed by atoms with Gasteiger partial charge in [0.2, 0.25) is 24.1 Å². The summed E-state index contributed by atoms with van der Waals surface area (Å²) in [6, 6.07) is 7.54. The quantitative estimate of drug-likeness (QED) is 0.568. The van der Waals surface area contributed by atoms with Gasteiger partial charge in [-0.3, -0.25) is 4.79 Å². The van der Waals surface area contributed by atoms with Crippen LogP contribution >= 0.6 is 0 Å². The zero-order valence-electron chi connectivity index (χ0n) is 18.9. The predicted octanol–water partition coefficient (Wildman–Crippen LogP) is 3.48. The molecule has 1 heterocycles. The van der Waals surface area contributed by atoms with Crippen molar-refractivity contribution in [2.45, 2.75) is 45.3 Å². The fourth-order valence-electron chi connectivity index (χ4n) is 4.59. The highest BCUT2D eigenvalue weighted by Gasteiger charge is 2.41. The Labute approximate surface area is 189 Å². The average Bonchev–Trinajstić information content (AvgIpc) is 2.80. The van der Waals surface area contributed by atoms with Gasteiger partial charge in [-0.15, -0.1) is 4.58 Å². The average molecular weight is 436 g/mol. The molecule has 4 unspecified atom stereocenters. The van der Waals surface area contributed by atoms with Gasteiger partial charge in [0.1, 0.15) is 5.75 Å². The molecule has 4 atom stereocenters. The summed E-state index contributed by atoms with van der Waals surface area (Å²) in [5.41, 5.74) is 1.51. The molecule has 1 aromatic carbocycles. The van der Waals surface area contributed by atoms with E-state index in [1.165, 1.54) is 11.0 Å². The zero-order valence-corrected chi connectivity index (χ0v) is 18.9. The molecule has 0 spiro atoms. The number of allylic oxidation sites excluding steroid dienone is 2. The van der Waals surface area contributed by atoms with Crippen LogP contribution in [0.3, 0.4) is 0 Å². The molecule has 6 nitrogen and oxygen atoms in total. The number of carbonyl (C=O) groups excluding carboxylic acids is 2. The number of hydrogen-bond acceptors (Lipinski definition) is 4. The van der Waals surface area contributed by atoms with E-state index in [0.29, 0.717) is 17.5 Å². The van der Waals surface area contributed by atoms with Crippen LogP contribution in [0, 0.1) is 11.8 Å². The standard InChI is InChI=1S/C26H30N2O4/c1-17-7-6-8-21(18(17)2)27-25(29)16-28-22-9-4-5-10-23(22)32-24(26(28)30)15-19-11-13-20(31-3)14-12-19/h4-5,9-15,17-18,21,23H,6-8,16H2,1-3H3/p+1/b24-15-. The number of hydrogen-bond donors (Lipinski definition) is 1. The second kappa shape index (κ2) is 9.55. The van der Waals surface area contributed by atoms with Crippen molar-refractivity contribution in [3.63, 3.8) is 0 Å². The first kappa shape index (κ1) is 22.1. The van der Waals surface area contributed by atoms with Crippen molar-refractivity contribution in [2.24, 2.45) is 11.8 Å². The van der Waals surface area contributed by atoms with Crippen LogP contribution in [0.5, 0.6) is 5.75 Å². The Kier molecular flexibility index (Phi) is 6.58. The van der Waals surface area contributed by atoms with E-state index < -0.39 is 6.10 Å². The number of rotatable bonds is 5. The summed E-state index contributed by atoms with van der Waals surface area (Å²) in [7, 11) is 1.61. The molecule has 0 radical (unpaired) electrons. The Morgan fingerprint density at radius 2 is 2.00 bits per heavy atom. The summed E-state index contributed by atoms with van der Waals surface area (Å²) >= 11 is 0. The van der Waals surface area contributed by atoms with Crippen LogP contribution in [0.25, 0.3) is 6.08 Å². The summed E-state index contributed by atoms with van der Waals surface area (Å²) in [4.78, 5) is 26.3. The fourth-order valence-corrected chi connectivity index (χ4v) is 4.59. The second-order valence-corrected chi connectivity index (χ2v) is 8.82. The minimum Gasteiger partial charge on any atom is -0.497 e. The monoisotopic (exact) mass is 435 g/mol. The molecule has 0 bridgehead atoms. The van der Waals surface area contributed by atoms with Crippen LogP contribution in [0.1, 0.15) is 38.7 Å². The Balaban J connectivity index is 1.56. The van der Waals surface area contributed by atoms with Gasteiger partial charge in [0, 0.05) is 12.1 Å². The molecule has 2 aliphatic carbocycles. The number of nitrogens with one attached hydrogen (secondary N) is 1. The molecule has 1 N–H and O–H groups in total. The van der Waals surface area contributed by atoms with Crippen LogP contribution < -0.4 is 10.1 Å². The minimum atomic E-state index is -0.399. The topological polar surface area (TPSA) is 67.6 Å². The van der Waals surface area contributed by atoms with E-state index in [-0.39, 0.29) is 30.2 Å². The molecule has 6 heteroatoms. The first-order valence-electron chi connectivity index (χ1n) is 11.3. The van der Waals surface area contributed by atoms with Crippen LogP contribution in [-0.4, -0.2) is 47.9 Å². The van der Waals surface area contributed by atoms with E-state index in [1.807, 2.05) is 48.6 Å². The number of benzene rings is 1. The molecule has 4 rings (SSSR count). The summed E-state index contributed by atoms with van der Waals surface area (Å²) < 4.78 is 12.7. The minimum absolute atomic E-state index is 0.0240. The van der Waals surface area contributed by atoms with Gasteiger partial charge in [-0.2, -0.15) is 0 Å². The van der Waals surface area contributed by atoms with Crippen LogP contribution in [0.15, 0.2) is 54.3 Å². The van der Waals surface area contributed by atoms with Crippen molar-refractivity contribution in [2.75, 3.05) is 13.7 Å². The lowest BCUT2D eigenvalue weighted by atomic mass is 9.78. The molecule has 1 aliphatic heterocycles. The van der Waals surface area contributed by atoms with Crippen LogP contribution in [-0.2, 0) is 14.3 Å². The first-order chi connectivity index (χ1) is 15.5. The second-order valence-electron chi connectivity index (χ2n) is 8.82. The summed E-state index contributed by atoms with van der Waals surface area (Å²) in [6.07, 6.45) is 12.1. The first-order valence-corrected chi connectivity index (χ1v) is 11.3. The number of carbonyl (C=O) groups is 2. The summed E-state index contributed by atoms with van der Waals surface area (Å²) in [6.45, 7) is 4.41. The van der Waals surface area contributed by atoms with Crippen molar-refractivity contribution in [1.82, 2.24) is 5.32 Å². The molecule has 0 aromatic heterocycles. The van der Waals surface area contributed by atoms with Crippen molar-refractivity contribution in [1.29, 1.82) is 0 Å². The SMILES string of the molecule is COc1ccc(/C=C2\OC3C=CC=CC3=[N+](CC(=O)NC3CCCC(C)C3C)C2=O)cc1. The molecular weight excluding hydrogens is 404 g/mol. The number of nitrogens with zero attached hydrogens (tertiary/aromatic N) is 1. The van der Waals surface area contributed by atoms with E-state index in [9.17, 15) is 9.59 Å². The molecule has 1 fully saturated rings. The van der Waals surface area contributed by atoms with E-state index in [0.717, 1.165) is 24.2 Å². The largest absolute Gasteiger partial charge is 0.497 e. The van der Waals surface area contributed by atoms with Crippen LogP contribution in [0.4, 0.5) is 0 Å². The Bertz CT molecular complexity index is 1000. The van der Waals surface area contributed by atoms with Gasteiger partial charge >= 0.3 is 5.91 Å². The number of fused-ring (bicyclic) bond motifs is 1. The molecule has 2 amide bonds. The third-order valence-electron chi connectivity index (χ3n) is 6.75. The lowest BCUT2D eigenvalue weighted by molar-refractivity contribution is -0.443. The van der Waals surface area contributed by atoms with Gasteiger partial charge in [-0.05, 0) is 48.1 Å². The maximum Gasteiger partial charge on any atom is 0.455 e. The maximum absolute atomic E-state index is 13.3. The fraction of sp³-hybridized carbons (Fsp3) is 0.423.